The van der Waals surface area contributed by atoms with E-state index in [0.29, 0.717) is 6.61 Å². The topological polar surface area (TPSA) is 38.7 Å². The van der Waals surface area contributed by atoms with E-state index >= 15 is 0 Å². The molecule has 1 aliphatic rings. The first-order chi connectivity index (χ1) is 8.14. The second-order valence-electron chi connectivity index (χ2n) is 4.55. The van der Waals surface area contributed by atoms with E-state index in [0.717, 1.165) is 29.7 Å². The van der Waals surface area contributed by atoms with Crippen LogP contribution in [0, 0.1) is 13.8 Å². The zero-order valence-corrected chi connectivity index (χ0v) is 10.5. The van der Waals surface area contributed by atoms with Crippen molar-refractivity contribution >= 4 is 6.08 Å². The molecule has 0 radical (unpaired) electrons. The molecule has 2 rings (SSSR count). The lowest BCUT2D eigenvalue weighted by Crippen LogP contribution is -2.08. The highest BCUT2D eigenvalue weighted by Crippen LogP contribution is 2.53. The van der Waals surface area contributed by atoms with Crippen LogP contribution in [-0.2, 0) is 10.3 Å². The molecule has 17 heavy (non-hydrogen) atoms. The first-order valence-electron chi connectivity index (χ1n) is 5.97. The Morgan fingerprint density at radius 1 is 1.41 bits per heavy atom. The molecule has 90 valence electrons. The fourth-order valence-electron chi connectivity index (χ4n) is 2.13. The number of benzene rings is 1. The Bertz CT molecular complexity index is 483. The van der Waals surface area contributed by atoms with Crippen LogP contribution in [0.25, 0.3) is 0 Å². The summed E-state index contributed by atoms with van der Waals surface area (Å²) in [7, 11) is 0. The Kier molecular flexibility index (Phi) is 3.03. The maximum atomic E-state index is 10.5. The Morgan fingerprint density at radius 3 is 2.65 bits per heavy atom. The molecule has 0 heterocycles. The van der Waals surface area contributed by atoms with Crippen molar-refractivity contribution in [2.45, 2.75) is 39.2 Å². The van der Waals surface area contributed by atoms with Crippen LogP contribution in [0.1, 0.15) is 36.5 Å². The molecule has 0 bridgehead atoms. The molecule has 0 saturated heterocycles. The maximum absolute atomic E-state index is 10.5. The van der Waals surface area contributed by atoms with Gasteiger partial charge in [-0.15, -0.1) is 0 Å². The van der Waals surface area contributed by atoms with Gasteiger partial charge in [0.25, 0.3) is 0 Å². The minimum absolute atomic E-state index is 0.356. The molecule has 1 aromatic carbocycles. The van der Waals surface area contributed by atoms with E-state index < -0.39 is 0 Å². The first-order valence-corrected chi connectivity index (χ1v) is 5.97. The molecule has 1 aromatic rings. The predicted molar refractivity (Wildman–Crippen MR) is 66.1 cm³/mol. The summed E-state index contributed by atoms with van der Waals surface area (Å²) in [5.74, 6) is 0.893. The number of isocyanates is 1. The molecule has 3 heteroatoms. The summed E-state index contributed by atoms with van der Waals surface area (Å²) in [6.07, 6.45) is 3.51. The van der Waals surface area contributed by atoms with Crippen molar-refractivity contribution in [3.05, 3.63) is 28.8 Å². The zero-order valence-electron chi connectivity index (χ0n) is 10.5. The van der Waals surface area contributed by atoms with Gasteiger partial charge in [-0.3, -0.25) is 0 Å². The molecule has 0 aromatic heterocycles. The summed E-state index contributed by atoms with van der Waals surface area (Å²) in [5.41, 5.74) is 3.01. The molecular weight excluding hydrogens is 214 g/mol. The number of hydrogen-bond donors (Lipinski definition) is 0. The Hall–Kier alpha value is -1.60. The smallest absolute Gasteiger partial charge is 0.235 e. The molecule has 1 fully saturated rings. The summed E-state index contributed by atoms with van der Waals surface area (Å²) in [6.45, 7) is 6.70. The third-order valence-electron chi connectivity index (χ3n) is 3.45. The molecule has 0 unspecified atom stereocenters. The molecule has 1 saturated carbocycles. The van der Waals surface area contributed by atoms with E-state index in [1.54, 1.807) is 6.08 Å². The van der Waals surface area contributed by atoms with Gasteiger partial charge in [0.2, 0.25) is 6.08 Å². The van der Waals surface area contributed by atoms with Crippen molar-refractivity contribution < 1.29 is 9.53 Å². The summed E-state index contributed by atoms with van der Waals surface area (Å²) in [6, 6.07) is 4.09. The van der Waals surface area contributed by atoms with Crippen molar-refractivity contribution in [2.24, 2.45) is 4.99 Å². The summed E-state index contributed by atoms with van der Waals surface area (Å²) in [4.78, 5) is 14.5. The van der Waals surface area contributed by atoms with Crippen LogP contribution in [0.3, 0.4) is 0 Å². The molecule has 1 aliphatic carbocycles. The summed E-state index contributed by atoms with van der Waals surface area (Å²) >= 11 is 0. The lowest BCUT2D eigenvalue weighted by atomic mass is 9.98. The average molecular weight is 231 g/mol. The summed E-state index contributed by atoms with van der Waals surface area (Å²) in [5, 5.41) is 0. The average Bonchev–Trinajstić information content (AvgIpc) is 3.06. The third kappa shape index (κ3) is 1.98. The second-order valence-corrected chi connectivity index (χ2v) is 4.55. The number of aryl methyl sites for hydroxylation is 1. The Morgan fingerprint density at radius 2 is 2.12 bits per heavy atom. The Labute approximate surface area is 102 Å². The zero-order chi connectivity index (χ0) is 12.5. The lowest BCUT2D eigenvalue weighted by Gasteiger charge is -2.18. The van der Waals surface area contributed by atoms with E-state index in [9.17, 15) is 4.79 Å². The van der Waals surface area contributed by atoms with Gasteiger partial charge in [0.05, 0.1) is 6.61 Å². The molecule has 0 aliphatic heterocycles. The summed E-state index contributed by atoms with van der Waals surface area (Å²) < 4.78 is 5.73. The highest BCUT2D eigenvalue weighted by molar-refractivity contribution is 5.52. The van der Waals surface area contributed by atoms with Crippen molar-refractivity contribution in [1.29, 1.82) is 0 Å². The molecular formula is C14H17NO2. The quantitative estimate of drug-likeness (QED) is 0.590. The maximum Gasteiger partial charge on any atom is 0.235 e. The van der Waals surface area contributed by atoms with Gasteiger partial charge in [0.15, 0.2) is 0 Å². The van der Waals surface area contributed by atoms with Gasteiger partial charge in [-0.1, -0.05) is 12.1 Å². The molecule has 0 N–H and O–H groups in total. The minimum Gasteiger partial charge on any atom is -0.493 e. The molecule has 0 spiro atoms. The van der Waals surface area contributed by atoms with E-state index in [1.165, 1.54) is 5.56 Å². The van der Waals surface area contributed by atoms with E-state index in [4.69, 9.17) is 4.74 Å². The van der Waals surface area contributed by atoms with Gasteiger partial charge in [-0.05, 0) is 44.7 Å². The van der Waals surface area contributed by atoms with Crippen LogP contribution in [0.2, 0.25) is 0 Å². The monoisotopic (exact) mass is 231 g/mol. The number of hydrogen-bond acceptors (Lipinski definition) is 3. The highest BCUT2D eigenvalue weighted by Gasteiger charge is 2.47. The van der Waals surface area contributed by atoms with Gasteiger partial charge in [-0.2, -0.15) is 4.99 Å². The number of carbonyl (C=O) groups excluding carboxylic acids is 1. The number of aliphatic imine (C=N–C) groups is 1. The number of ether oxygens (including phenoxy) is 1. The normalized spacial score (nSPS) is 16.2. The predicted octanol–water partition coefficient (Wildman–Crippen LogP) is 3.03. The van der Waals surface area contributed by atoms with Crippen LogP contribution in [-0.4, -0.2) is 12.7 Å². The van der Waals surface area contributed by atoms with Crippen molar-refractivity contribution in [1.82, 2.24) is 0 Å². The first kappa shape index (κ1) is 11.9. The SMILES string of the molecule is CCOc1c(C2(N=C=O)CC2)ccc(C)c1C. The van der Waals surface area contributed by atoms with Crippen LogP contribution in [0.4, 0.5) is 0 Å². The van der Waals surface area contributed by atoms with Crippen LogP contribution >= 0.6 is 0 Å². The minimum atomic E-state index is -0.356. The second kappa shape index (κ2) is 4.34. The number of nitrogens with zero attached hydrogens (tertiary/aromatic N) is 1. The largest absolute Gasteiger partial charge is 0.493 e. The van der Waals surface area contributed by atoms with E-state index in [-0.39, 0.29) is 5.54 Å². The van der Waals surface area contributed by atoms with E-state index in [2.05, 4.69) is 18.0 Å². The fourth-order valence-corrected chi connectivity index (χ4v) is 2.13. The van der Waals surface area contributed by atoms with Crippen molar-refractivity contribution in [3.8, 4) is 5.75 Å². The van der Waals surface area contributed by atoms with E-state index in [1.807, 2.05) is 19.9 Å². The molecule has 0 amide bonds. The van der Waals surface area contributed by atoms with Gasteiger partial charge in [-0.25, -0.2) is 4.79 Å². The van der Waals surface area contributed by atoms with Crippen LogP contribution < -0.4 is 4.74 Å². The van der Waals surface area contributed by atoms with Gasteiger partial charge < -0.3 is 4.74 Å². The Balaban J connectivity index is 2.54. The fraction of sp³-hybridized carbons (Fsp3) is 0.500. The van der Waals surface area contributed by atoms with Gasteiger partial charge in [0.1, 0.15) is 11.3 Å². The standard InChI is InChI=1S/C14H17NO2/c1-4-17-13-11(3)10(2)5-6-12(13)14(7-8-14)15-9-16/h5-6H,4,7-8H2,1-3H3. The third-order valence-corrected chi connectivity index (χ3v) is 3.45. The van der Waals surface area contributed by atoms with Crippen molar-refractivity contribution in [3.63, 3.8) is 0 Å². The highest BCUT2D eigenvalue weighted by atomic mass is 16.5. The van der Waals surface area contributed by atoms with Crippen LogP contribution in [0.5, 0.6) is 5.75 Å². The number of rotatable bonds is 4. The lowest BCUT2D eigenvalue weighted by molar-refractivity contribution is 0.330. The van der Waals surface area contributed by atoms with Gasteiger partial charge >= 0.3 is 0 Å². The van der Waals surface area contributed by atoms with Crippen molar-refractivity contribution in [2.75, 3.05) is 6.61 Å². The molecule has 3 nitrogen and oxygen atoms in total. The molecule has 0 atom stereocenters. The van der Waals surface area contributed by atoms with Gasteiger partial charge in [0, 0.05) is 5.56 Å². The van der Waals surface area contributed by atoms with Crippen LogP contribution in [0.15, 0.2) is 17.1 Å².